The van der Waals surface area contributed by atoms with E-state index >= 15 is 0 Å². The molecule has 39 heavy (non-hydrogen) atoms. The Kier molecular flexibility index (Phi) is 11.6. The molecule has 2 N–H and O–H groups in total. The SMILES string of the molecule is C#CCOCC(O)CN(CCCC)CC(=O)N(CCc1c[nH]c2ccccc12)Cc1ccc(C(C)(C)C)cc1. The Morgan fingerprint density at radius 3 is 2.56 bits per heavy atom. The minimum Gasteiger partial charge on any atom is -0.389 e. The summed E-state index contributed by atoms with van der Waals surface area (Å²) in [5.74, 6) is 2.48. The molecule has 0 aliphatic heterocycles. The zero-order chi connectivity index (χ0) is 28.3. The molecule has 3 aromatic rings. The molecule has 0 spiro atoms. The average molecular weight is 532 g/mol. The number of carbonyl (C=O) groups is 1. The minimum atomic E-state index is -0.701. The molecule has 0 aliphatic rings. The summed E-state index contributed by atoms with van der Waals surface area (Å²) in [5, 5.41) is 11.7. The molecule has 210 valence electrons. The van der Waals surface area contributed by atoms with E-state index < -0.39 is 6.10 Å². The molecule has 1 amide bonds. The quantitative estimate of drug-likeness (QED) is 0.210. The Hall–Kier alpha value is -3.11. The number of terminal acetylenes is 1. The number of fused-ring (bicyclic) bond motifs is 1. The van der Waals surface area contributed by atoms with E-state index in [1.165, 1.54) is 16.5 Å². The number of aliphatic hydroxyl groups is 1. The molecule has 0 bridgehead atoms. The van der Waals surface area contributed by atoms with Crippen LogP contribution in [-0.4, -0.2) is 71.3 Å². The molecular formula is C33H45N3O3. The predicted octanol–water partition coefficient (Wildman–Crippen LogP) is 5.15. The summed E-state index contributed by atoms with van der Waals surface area (Å²) in [6.45, 7) is 11.6. The van der Waals surface area contributed by atoms with Crippen LogP contribution in [-0.2, 0) is 27.9 Å². The summed E-state index contributed by atoms with van der Waals surface area (Å²) in [4.78, 5) is 21.1. The van der Waals surface area contributed by atoms with Gasteiger partial charge in [-0.2, -0.15) is 0 Å². The first-order chi connectivity index (χ1) is 18.7. The summed E-state index contributed by atoms with van der Waals surface area (Å²) in [7, 11) is 0. The predicted molar refractivity (Wildman–Crippen MR) is 160 cm³/mol. The molecular weight excluding hydrogens is 486 g/mol. The minimum absolute atomic E-state index is 0.0579. The molecule has 2 aromatic carbocycles. The highest BCUT2D eigenvalue weighted by molar-refractivity contribution is 5.83. The second-order valence-electron chi connectivity index (χ2n) is 11.3. The van der Waals surface area contributed by atoms with E-state index in [9.17, 15) is 9.90 Å². The number of nitrogens with one attached hydrogen (secondary N) is 1. The lowest BCUT2D eigenvalue weighted by atomic mass is 9.87. The first-order valence-corrected chi connectivity index (χ1v) is 14.0. The Labute approximate surface area is 234 Å². The monoisotopic (exact) mass is 531 g/mol. The van der Waals surface area contributed by atoms with Crippen molar-refractivity contribution in [3.8, 4) is 12.3 Å². The van der Waals surface area contributed by atoms with Gasteiger partial charge in [0.15, 0.2) is 0 Å². The number of rotatable bonds is 15. The van der Waals surface area contributed by atoms with Gasteiger partial charge in [0.1, 0.15) is 6.61 Å². The van der Waals surface area contributed by atoms with Gasteiger partial charge >= 0.3 is 0 Å². The van der Waals surface area contributed by atoms with Crippen molar-refractivity contribution in [3.05, 3.63) is 71.4 Å². The Morgan fingerprint density at radius 1 is 1.13 bits per heavy atom. The number of amides is 1. The number of aliphatic hydroxyl groups excluding tert-OH is 1. The van der Waals surface area contributed by atoms with Crippen LogP contribution >= 0.6 is 0 Å². The zero-order valence-corrected chi connectivity index (χ0v) is 24.1. The number of aromatic amines is 1. The van der Waals surface area contributed by atoms with Crippen LogP contribution in [0.15, 0.2) is 54.7 Å². The van der Waals surface area contributed by atoms with E-state index in [0.29, 0.717) is 19.6 Å². The Bertz CT molecular complexity index is 1200. The van der Waals surface area contributed by atoms with Crippen LogP contribution in [0.3, 0.4) is 0 Å². The van der Waals surface area contributed by atoms with E-state index in [4.69, 9.17) is 11.2 Å². The molecule has 0 fully saturated rings. The number of hydrogen-bond donors (Lipinski definition) is 2. The van der Waals surface area contributed by atoms with Crippen molar-refractivity contribution in [2.24, 2.45) is 0 Å². The lowest BCUT2D eigenvalue weighted by molar-refractivity contribution is -0.133. The smallest absolute Gasteiger partial charge is 0.237 e. The molecule has 1 unspecified atom stereocenters. The van der Waals surface area contributed by atoms with Gasteiger partial charge in [0.2, 0.25) is 5.91 Å². The fourth-order valence-electron chi connectivity index (χ4n) is 4.73. The van der Waals surface area contributed by atoms with Crippen molar-refractivity contribution in [2.75, 3.05) is 39.4 Å². The molecule has 0 aliphatic carbocycles. The molecule has 1 heterocycles. The first kappa shape index (κ1) is 30.4. The third kappa shape index (κ3) is 9.54. The summed E-state index contributed by atoms with van der Waals surface area (Å²) in [5.41, 5.74) is 4.77. The molecule has 3 rings (SSSR count). The van der Waals surface area contributed by atoms with Crippen LogP contribution in [0.5, 0.6) is 0 Å². The van der Waals surface area contributed by atoms with E-state index in [2.05, 4.69) is 75.0 Å². The number of nitrogens with zero attached hydrogens (tertiary/aromatic N) is 2. The van der Waals surface area contributed by atoms with Crippen molar-refractivity contribution < 1.29 is 14.6 Å². The van der Waals surface area contributed by atoms with Gasteiger partial charge in [-0.05, 0) is 47.6 Å². The third-order valence-corrected chi connectivity index (χ3v) is 7.02. The fourth-order valence-corrected chi connectivity index (χ4v) is 4.73. The lowest BCUT2D eigenvalue weighted by Crippen LogP contribution is -2.44. The van der Waals surface area contributed by atoms with Crippen LogP contribution < -0.4 is 0 Å². The molecule has 0 radical (unpaired) electrons. The number of aromatic nitrogens is 1. The maximum absolute atomic E-state index is 13.7. The highest BCUT2D eigenvalue weighted by Gasteiger charge is 2.21. The van der Waals surface area contributed by atoms with E-state index in [-0.39, 0.29) is 31.1 Å². The van der Waals surface area contributed by atoms with E-state index in [1.54, 1.807) is 0 Å². The molecule has 0 saturated carbocycles. The molecule has 6 heteroatoms. The van der Waals surface area contributed by atoms with Crippen LogP contribution in [0.2, 0.25) is 0 Å². The molecule has 6 nitrogen and oxygen atoms in total. The Morgan fingerprint density at radius 2 is 1.87 bits per heavy atom. The highest BCUT2D eigenvalue weighted by atomic mass is 16.5. The van der Waals surface area contributed by atoms with Crippen molar-refractivity contribution in [3.63, 3.8) is 0 Å². The van der Waals surface area contributed by atoms with Crippen LogP contribution in [0.25, 0.3) is 10.9 Å². The van der Waals surface area contributed by atoms with Gasteiger partial charge in [-0.15, -0.1) is 6.42 Å². The number of unbranched alkanes of at least 4 members (excludes halogenated alkanes) is 1. The second kappa shape index (κ2) is 14.9. The highest BCUT2D eigenvalue weighted by Crippen LogP contribution is 2.23. The number of para-hydroxylation sites is 1. The largest absolute Gasteiger partial charge is 0.389 e. The molecule has 1 aromatic heterocycles. The lowest BCUT2D eigenvalue weighted by Gasteiger charge is -2.29. The number of H-pyrrole nitrogens is 1. The fraction of sp³-hybridized carbons (Fsp3) is 0.485. The normalized spacial score (nSPS) is 12.5. The van der Waals surface area contributed by atoms with Gasteiger partial charge < -0.3 is 19.7 Å². The van der Waals surface area contributed by atoms with Crippen LogP contribution in [0.1, 0.15) is 57.2 Å². The second-order valence-corrected chi connectivity index (χ2v) is 11.3. The summed E-state index contributed by atoms with van der Waals surface area (Å²) in [6.07, 6.45) is 9.32. The summed E-state index contributed by atoms with van der Waals surface area (Å²) in [6, 6.07) is 16.9. The average Bonchev–Trinajstić information content (AvgIpc) is 3.32. The van der Waals surface area contributed by atoms with Crippen molar-refractivity contribution in [1.82, 2.24) is 14.8 Å². The van der Waals surface area contributed by atoms with Gasteiger partial charge in [0.05, 0.1) is 19.3 Å². The van der Waals surface area contributed by atoms with E-state index in [0.717, 1.165) is 36.9 Å². The van der Waals surface area contributed by atoms with Crippen molar-refractivity contribution in [2.45, 2.75) is 65.0 Å². The van der Waals surface area contributed by atoms with Crippen LogP contribution in [0.4, 0.5) is 0 Å². The van der Waals surface area contributed by atoms with Gasteiger partial charge in [0, 0.05) is 36.7 Å². The van der Waals surface area contributed by atoms with Crippen molar-refractivity contribution >= 4 is 16.8 Å². The summed E-state index contributed by atoms with van der Waals surface area (Å²) < 4.78 is 5.32. The van der Waals surface area contributed by atoms with Gasteiger partial charge in [-0.3, -0.25) is 9.69 Å². The number of hydrogen-bond acceptors (Lipinski definition) is 4. The topological polar surface area (TPSA) is 68.8 Å². The number of carbonyl (C=O) groups excluding carboxylic acids is 1. The van der Waals surface area contributed by atoms with Crippen LogP contribution in [0, 0.1) is 12.3 Å². The maximum atomic E-state index is 13.7. The van der Waals surface area contributed by atoms with E-state index in [1.807, 2.05) is 28.1 Å². The maximum Gasteiger partial charge on any atom is 0.237 e. The van der Waals surface area contributed by atoms with Gasteiger partial charge in [0.25, 0.3) is 0 Å². The summed E-state index contributed by atoms with van der Waals surface area (Å²) >= 11 is 0. The van der Waals surface area contributed by atoms with Gasteiger partial charge in [-0.25, -0.2) is 0 Å². The van der Waals surface area contributed by atoms with Gasteiger partial charge in [-0.1, -0.05) is 82.5 Å². The zero-order valence-electron chi connectivity index (χ0n) is 24.1. The van der Waals surface area contributed by atoms with Crippen molar-refractivity contribution in [1.29, 1.82) is 0 Å². The first-order valence-electron chi connectivity index (χ1n) is 14.0. The standard InChI is InChI=1S/C33H45N3O3/c1-6-8-18-35(23-29(37)25-39-20-7-2)24-32(38)36(22-26-13-15-28(16-14-26)33(3,4)5)19-17-27-21-34-31-12-10-9-11-30(27)31/h2,9-16,21,29,34,37H,6,8,17-20,22-25H2,1,3-5H3. The number of ether oxygens (including phenoxy) is 1. The third-order valence-electron chi connectivity index (χ3n) is 7.02. The number of benzene rings is 2. The molecule has 1 atom stereocenters. The molecule has 0 saturated heterocycles. The Balaban J connectivity index is 1.75.